The topological polar surface area (TPSA) is 227 Å². The number of carbonyl (C=O) groups is 1. The Morgan fingerprint density at radius 1 is 0.545 bits per heavy atom. The molecule has 7 heterocycles. The molecule has 16 rings (SSSR count). The molecule has 548 valence electrons. The van der Waals surface area contributed by atoms with E-state index in [1.165, 1.54) is 18.2 Å². The van der Waals surface area contributed by atoms with Gasteiger partial charge in [0.15, 0.2) is 23.3 Å². The predicted molar refractivity (Wildman–Crippen MR) is 424 cm³/mol. The first kappa shape index (κ1) is 42.2. The Kier molecular flexibility index (Phi) is 10.9. The highest BCUT2D eigenvalue weighted by Crippen LogP contribution is 2.57. The Morgan fingerprint density at radius 3 is 1.39 bits per heavy atom. The van der Waals surface area contributed by atoms with Crippen LogP contribution in [0.2, 0.25) is 0 Å². The van der Waals surface area contributed by atoms with Gasteiger partial charge in [-0.2, -0.15) is 10.5 Å². The van der Waals surface area contributed by atoms with Crippen molar-refractivity contribution >= 4 is 5.78 Å². The van der Waals surface area contributed by atoms with Gasteiger partial charge in [0.05, 0.1) is 57.6 Å². The molecule has 0 unspecified atom stereocenters. The summed E-state index contributed by atoms with van der Waals surface area (Å²) >= 11 is 0. The van der Waals surface area contributed by atoms with Crippen LogP contribution in [0, 0.1) is 90.5 Å². The Morgan fingerprint density at radius 2 is 0.960 bits per heavy atom. The maximum absolute atomic E-state index is 15.0. The van der Waals surface area contributed by atoms with E-state index < -0.39 is 10.8 Å². The quantitative estimate of drug-likeness (QED) is 0.163. The predicted octanol–water partition coefficient (Wildman–Crippen LogP) is 23.2. The lowest BCUT2D eigenvalue weighted by molar-refractivity contribution is -0.121. The van der Waals surface area contributed by atoms with E-state index in [4.69, 9.17) is 109 Å². The van der Waals surface area contributed by atoms with E-state index in [0.717, 1.165) is 111 Å². The number of carbonyl (C=O) groups excluding carboxylic acids is 1. The molecular formula is C81H125F3N12O3. The minimum absolute atomic E-state index is 0. The lowest BCUT2D eigenvalue weighted by atomic mass is 9.56. The molecule has 0 fully saturated rings. The molecule has 6 aliphatic carbocycles. The normalized spacial score (nSPS) is 25.8. The van der Waals surface area contributed by atoms with Gasteiger partial charge in [-0.15, -0.1) is 0 Å². The van der Waals surface area contributed by atoms with Gasteiger partial charge in [0, 0.05) is 201 Å². The number of nitrogens with zero attached hydrogens (tertiary/aromatic N) is 12. The number of rotatable bonds is 6. The second kappa shape index (κ2) is 25.6. The smallest absolute Gasteiger partial charge is 0.176 e. The number of aromatic nitrogens is 10. The first-order chi connectivity index (χ1) is 72.6. The molecular weight excluding hydrogens is 1250 g/mol. The molecule has 15 nitrogen and oxygen atoms in total. The lowest BCUT2D eigenvalue weighted by Crippen LogP contribution is -2.46. The third-order valence-corrected chi connectivity index (χ3v) is 22.1. The molecule has 9 atom stereocenters. The van der Waals surface area contributed by atoms with E-state index in [9.17, 15) is 33.6 Å². The maximum atomic E-state index is 15.0. The summed E-state index contributed by atoms with van der Waals surface area (Å²) in [6, 6.07) is 35.9. The zero-order valence-corrected chi connectivity index (χ0v) is 56.7. The molecule has 1 N–H and O–H groups in total. The average molecular weight is 1470 g/mol. The Hall–Kier alpha value is -10.7. The summed E-state index contributed by atoms with van der Waals surface area (Å²) in [5.41, 5.74) is 14.2. The molecule has 10 aromatic rings. The highest BCUT2D eigenvalue weighted by atomic mass is 19.1. The second-order valence-corrected chi connectivity index (χ2v) is 28.2. The van der Waals surface area contributed by atoms with Crippen LogP contribution in [-0.4, -0.2) is 60.9 Å². The van der Waals surface area contributed by atoms with Crippen molar-refractivity contribution in [3.8, 4) is 80.1 Å². The van der Waals surface area contributed by atoms with Crippen LogP contribution >= 0.6 is 0 Å². The molecule has 0 saturated heterocycles. The number of ketones is 1. The van der Waals surface area contributed by atoms with E-state index in [0.29, 0.717) is 82.0 Å². The van der Waals surface area contributed by atoms with Crippen molar-refractivity contribution in [2.24, 2.45) is 29.6 Å². The van der Waals surface area contributed by atoms with E-state index >= 15 is 0 Å². The molecule has 0 radical (unpaired) electrons. The maximum Gasteiger partial charge on any atom is 0.176 e. The van der Waals surface area contributed by atoms with Crippen molar-refractivity contribution < 1.29 is 103 Å². The van der Waals surface area contributed by atoms with Crippen molar-refractivity contribution in [3.63, 3.8) is 0 Å². The van der Waals surface area contributed by atoms with Crippen LogP contribution in [0.25, 0.3) is 67.9 Å². The van der Waals surface area contributed by atoms with E-state index in [2.05, 4.69) is 53.0 Å². The number of fused-ring (bicyclic) bond motifs is 10. The average Bonchev–Trinajstić information content (AvgIpc) is 1.27. The van der Waals surface area contributed by atoms with Crippen molar-refractivity contribution in [2.45, 2.75) is 136 Å². The Balaban J connectivity index is -0.000000140. The number of hydrogen-bond acceptors (Lipinski definition) is 15. The molecule has 99 heavy (non-hydrogen) atoms. The van der Waals surface area contributed by atoms with Crippen LogP contribution in [-0.2, 0) is 46.7 Å². The summed E-state index contributed by atoms with van der Waals surface area (Å²) in [5.74, 6) is 2.05. The number of pyridine rings is 3. The minimum atomic E-state index is -0.633. The number of halogens is 3. The second-order valence-electron chi connectivity index (χ2n) is 28.2. The van der Waals surface area contributed by atoms with Crippen LogP contribution in [0.3, 0.4) is 0 Å². The van der Waals surface area contributed by atoms with Gasteiger partial charge in [0.2, 0.25) is 0 Å². The third kappa shape index (κ3) is 11.4. The largest absolute Gasteiger partial charge is 0.511 e. The number of aliphatic hydroxyl groups excluding tert-OH is 1. The van der Waals surface area contributed by atoms with Crippen molar-refractivity contribution in [2.75, 3.05) is 0 Å². The first-order valence-electron chi connectivity index (χ1n) is 58.8. The van der Waals surface area contributed by atoms with Crippen LogP contribution in [0.5, 0.6) is 0 Å². The molecule has 3 aromatic carbocycles. The zero-order valence-electron chi connectivity index (χ0n) is 107. The van der Waals surface area contributed by atoms with E-state index in [1.54, 1.807) is 61.1 Å². The highest BCUT2D eigenvalue weighted by molar-refractivity contribution is 6.02. The van der Waals surface area contributed by atoms with Gasteiger partial charge in [-0.3, -0.25) is 19.7 Å². The first-order valence-corrected chi connectivity index (χ1v) is 33.8. The number of nitriles is 2. The fourth-order valence-corrected chi connectivity index (χ4v) is 17.2. The summed E-state index contributed by atoms with van der Waals surface area (Å²) in [6.07, 6.45) is 14.7. The molecule has 6 aliphatic rings. The van der Waals surface area contributed by atoms with Crippen LogP contribution in [0.4, 0.5) is 13.2 Å². The van der Waals surface area contributed by atoms with Crippen molar-refractivity contribution in [1.82, 2.24) is 50.0 Å². The molecule has 0 amide bonds. The monoisotopic (exact) mass is 1470 g/mol. The number of allylic oxidation sites excluding steroid dienone is 4. The molecule has 0 aliphatic heterocycles. The summed E-state index contributed by atoms with van der Waals surface area (Å²) in [4.78, 5) is 55.5. The summed E-state index contributed by atoms with van der Waals surface area (Å²) < 4.78 is 301. The standard InChI is InChI=1S/2C27H25FN4O.C27H23FN4O.26H2/c1-15-12-17(10-11-29-15)26-31-23(19-6-4-5-7-22(19)28)20-8-9-21-16(2)24-18(14-30-33-24)13-27(21,3)25(20)32-26;2*1-15-12-17(10-11-30-15)26-31-23(19-6-4-5-7-22(19)28)20-8-9-21-16(2)24(33)18(14-29)13-27(21,3)25(20)32-26;;;;;;;;;;;;;;;;;;;;;;;;;;/h4-7,10-12,14,16,21H,8-9,13H2,1-3H3;4-7,10-12,16,21,33H,8-9,13H2,1-3H3;4-7,10-13,16,21H,8-9H2,1-3H3;26*1H/t3*16-,21-,27-;;;;;;;;;;;;;;;;;;;;;;;;;;/m111........................../s1/i;;;25*1+2T;1+2. The Labute approximate surface area is 651 Å². The number of hydrogen-bond donors (Lipinski definition) is 1. The fourth-order valence-electron chi connectivity index (χ4n) is 17.2. The molecule has 0 saturated carbocycles. The summed E-state index contributed by atoms with van der Waals surface area (Å²) in [6.45, 7) is 18.3. The van der Waals surface area contributed by atoms with Gasteiger partial charge in [0.1, 0.15) is 35.0 Å². The summed E-state index contributed by atoms with van der Waals surface area (Å²) in [7, 11) is 0. The van der Waals surface area contributed by atoms with E-state index in [1.807, 2.05) is 102 Å². The number of aliphatic hydroxyl groups is 1. The highest BCUT2D eigenvalue weighted by Gasteiger charge is 2.53. The molecule has 0 spiro atoms. The third-order valence-electron chi connectivity index (χ3n) is 22.1. The minimum Gasteiger partial charge on any atom is -0.511 e. The van der Waals surface area contributed by atoms with Gasteiger partial charge in [-0.05, 0) is 163 Å². The molecule has 7 aromatic heterocycles. The van der Waals surface area contributed by atoms with Crippen molar-refractivity contribution in [3.05, 3.63) is 237 Å². The number of Topliss-reactive ketones (excluding diaryl/α,β-unsaturated/α-hetero) is 1. The van der Waals surface area contributed by atoms with E-state index in [-0.39, 0.29) is 71.0 Å². The Bertz CT molecular complexity index is 5230. The number of aryl methyl sites for hydroxylation is 3. The van der Waals surface area contributed by atoms with Crippen LogP contribution in [0.1, 0.15) is 211 Å². The van der Waals surface area contributed by atoms with Gasteiger partial charge >= 0.3 is 0 Å². The van der Waals surface area contributed by atoms with Crippen LogP contribution in [0.15, 0.2) is 161 Å². The fraction of sp³-hybridized carbons (Fsp3) is 0.321. The van der Waals surface area contributed by atoms with Gasteiger partial charge in [-0.25, -0.2) is 43.1 Å². The van der Waals surface area contributed by atoms with Gasteiger partial charge in [-0.1, -0.05) is 89.2 Å². The lowest BCUT2D eigenvalue weighted by Gasteiger charge is -2.48. The van der Waals surface area contributed by atoms with Gasteiger partial charge < -0.3 is 9.63 Å². The number of benzene rings is 3. The van der Waals surface area contributed by atoms with Crippen LogP contribution < -0.4 is 0 Å². The molecule has 18 heteroatoms. The zero-order chi connectivity index (χ0) is 119. The summed E-state index contributed by atoms with van der Waals surface area (Å²) in [5, 5.41) is 34.1. The van der Waals surface area contributed by atoms with Gasteiger partial charge in [0.25, 0.3) is 0 Å². The van der Waals surface area contributed by atoms with Crippen molar-refractivity contribution in [1.29, 1.82) is 10.5 Å². The SMILES string of the molecule is Cc1cc(-c2nc(-c3ccccc3F)c3c(n2)[C@]2(C)C=C(C#N)C(=O)[C@H](C)[C@H]2CC3)ccn1.Cc1cc(-c2nc(-c3ccccc3F)c3c(n2)[C@]2(C)CC(C#N)=C(O)[C@H](C)[C@H]2CC3)ccn1.Cc1cc(-c2nc(-c3ccccc3F)c3c(n2)[C@]2(C)Cc4cnoc4[C@H](C)[C@H]2CC3)ccn1.[3HH].[3H][3H].[3H][3H].[3H][3H].[3H][3H].[3H][3H].[3H][3H].[3H][3H].[3H][3H].[3H][3H].[3H][3H].[3H][3H].[3H][3H].[3H][3H].[3H][3H].[3H][3H].[3H][3H].[3H][3H].[3H][3H].[3H][3H].[3H][3H].[3H][3H].[3H][3H].[3H][3H].[3H][3H].[3H][3H]. The molecule has 0 bridgehead atoms.